The van der Waals surface area contributed by atoms with Crippen LogP contribution >= 0.6 is 0 Å². The SMILES string of the molecule is O=C1Nc2ccccc2OC1CC(=O)N1CC[C@@H]2CNC[C@@H]2CC1. The van der Waals surface area contributed by atoms with Crippen molar-refractivity contribution in [3.63, 3.8) is 0 Å². The van der Waals surface area contributed by atoms with Crippen LogP contribution in [0.4, 0.5) is 5.69 Å². The average molecular weight is 329 g/mol. The first kappa shape index (κ1) is 15.4. The molecule has 1 aromatic rings. The molecule has 6 nitrogen and oxygen atoms in total. The van der Waals surface area contributed by atoms with E-state index in [0.717, 1.165) is 39.0 Å². The summed E-state index contributed by atoms with van der Waals surface area (Å²) in [4.78, 5) is 26.7. The Morgan fingerprint density at radius 2 is 1.88 bits per heavy atom. The molecule has 6 heteroatoms. The Labute approximate surface area is 141 Å². The van der Waals surface area contributed by atoms with E-state index in [-0.39, 0.29) is 18.2 Å². The average Bonchev–Trinajstić information content (AvgIpc) is 2.93. The van der Waals surface area contributed by atoms with E-state index in [0.29, 0.717) is 23.3 Å². The molecule has 2 amide bonds. The molecule has 0 radical (unpaired) electrons. The lowest BCUT2D eigenvalue weighted by molar-refractivity contribution is -0.137. The predicted molar refractivity (Wildman–Crippen MR) is 89.8 cm³/mol. The van der Waals surface area contributed by atoms with E-state index in [1.165, 1.54) is 0 Å². The zero-order chi connectivity index (χ0) is 16.5. The number of hydrogen-bond donors (Lipinski definition) is 2. The molecule has 24 heavy (non-hydrogen) atoms. The smallest absolute Gasteiger partial charge is 0.266 e. The van der Waals surface area contributed by atoms with Gasteiger partial charge in [-0.2, -0.15) is 0 Å². The summed E-state index contributed by atoms with van der Waals surface area (Å²) in [5.74, 6) is 1.78. The van der Waals surface area contributed by atoms with E-state index in [9.17, 15) is 9.59 Å². The van der Waals surface area contributed by atoms with Gasteiger partial charge < -0.3 is 20.3 Å². The molecule has 2 fully saturated rings. The summed E-state index contributed by atoms with van der Waals surface area (Å²) < 4.78 is 5.74. The Hall–Kier alpha value is -2.08. The minimum Gasteiger partial charge on any atom is -0.478 e. The molecule has 4 rings (SSSR count). The molecular weight excluding hydrogens is 306 g/mol. The monoisotopic (exact) mass is 329 g/mol. The van der Waals surface area contributed by atoms with Crippen LogP contribution in [-0.4, -0.2) is 49.0 Å². The number of carbonyl (C=O) groups is 2. The number of rotatable bonds is 2. The molecular formula is C18H23N3O3. The number of ether oxygens (including phenoxy) is 1. The van der Waals surface area contributed by atoms with Crippen molar-refractivity contribution >= 4 is 17.5 Å². The molecule has 0 bridgehead atoms. The van der Waals surface area contributed by atoms with Crippen LogP contribution in [0.25, 0.3) is 0 Å². The van der Waals surface area contributed by atoms with Gasteiger partial charge in [-0.3, -0.25) is 9.59 Å². The molecule has 0 saturated carbocycles. The van der Waals surface area contributed by atoms with E-state index in [1.807, 2.05) is 23.1 Å². The van der Waals surface area contributed by atoms with Gasteiger partial charge in [0.05, 0.1) is 12.1 Å². The van der Waals surface area contributed by atoms with Gasteiger partial charge >= 0.3 is 0 Å². The first-order chi connectivity index (χ1) is 11.7. The lowest BCUT2D eigenvalue weighted by atomic mass is 9.92. The summed E-state index contributed by atoms with van der Waals surface area (Å²) in [7, 11) is 0. The maximum Gasteiger partial charge on any atom is 0.266 e. The van der Waals surface area contributed by atoms with Crippen molar-refractivity contribution in [3.05, 3.63) is 24.3 Å². The highest BCUT2D eigenvalue weighted by Gasteiger charge is 2.34. The van der Waals surface area contributed by atoms with E-state index >= 15 is 0 Å². The number of anilines is 1. The molecule has 0 aromatic heterocycles. The third-order valence-corrected chi connectivity index (χ3v) is 5.44. The van der Waals surface area contributed by atoms with Crippen LogP contribution in [0.3, 0.4) is 0 Å². The first-order valence-corrected chi connectivity index (χ1v) is 8.76. The number of nitrogens with one attached hydrogen (secondary N) is 2. The zero-order valence-electron chi connectivity index (χ0n) is 13.7. The fraction of sp³-hybridized carbons (Fsp3) is 0.556. The Morgan fingerprint density at radius 3 is 2.62 bits per heavy atom. The number of hydrogen-bond acceptors (Lipinski definition) is 4. The standard InChI is InChI=1S/C18H23N3O3/c22-17(21-7-5-12-10-19-11-13(12)6-8-21)9-16-18(23)20-14-3-1-2-4-15(14)24-16/h1-4,12-13,16,19H,5-11H2,(H,20,23)/t12-,13+,16?. The summed E-state index contributed by atoms with van der Waals surface area (Å²) in [6, 6.07) is 7.31. The summed E-state index contributed by atoms with van der Waals surface area (Å²) in [5, 5.41) is 6.26. The molecule has 3 aliphatic rings. The fourth-order valence-electron chi connectivity index (χ4n) is 3.98. The quantitative estimate of drug-likeness (QED) is 0.856. The van der Waals surface area contributed by atoms with Crippen molar-refractivity contribution in [1.82, 2.24) is 10.2 Å². The fourth-order valence-corrected chi connectivity index (χ4v) is 3.98. The van der Waals surface area contributed by atoms with Crippen LogP contribution in [0.1, 0.15) is 19.3 Å². The number of benzene rings is 1. The number of carbonyl (C=O) groups excluding carboxylic acids is 2. The van der Waals surface area contributed by atoms with E-state index in [1.54, 1.807) is 6.07 Å². The zero-order valence-corrected chi connectivity index (χ0v) is 13.7. The van der Waals surface area contributed by atoms with Crippen molar-refractivity contribution in [2.45, 2.75) is 25.4 Å². The number of nitrogens with zero attached hydrogens (tertiary/aromatic N) is 1. The van der Waals surface area contributed by atoms with Gasteiger partial charge in [0.25, 0.3) is 5.91 Å². The Morgan fingerprint density at radius 1 is 1.17 bits per heavy atom. The van der Waals surface area contributed by atoms with Gasteiger partial charge in [0.2, 0.25) is 5.91 Å². The van der Waals surface area contributed by atoms with Gasteiger partial charge in [-0.05, 0) is 49.9 Å². The summed E-state index contributed by atoms with van der Waals surface area (Å²) in [5.41, 5.74) is 0.668. The minimum absolute atomic E-state index is 0.0162. The minimum atomic E-state index is -0.739. The number of fused-ring (bicyclic) bond motifs is 2. The van der Waals surface area contributed by atoms with Gasteiger partial charge in [0.15, 0.2) is 6.10 Å². The lowest BCUT2D eigenvalue weighted by Crippen LogP contribution is -2.42. The Balaban J connectivity index is 1.38. The number of para-hydroxylation sites is 2. The van der Waals surface area contributed by atoms with Crippen LogP contribution in [0, 0.1) is 11.8 Å². The van der Waals surface area contributed by atoms with E-state index < -0.39 is 6.10 Å². The lowest BCUT2D eigenvalue weighted by Gasteiger charge is -2.28. The van der Waals surface area contributed by atoms with Gasteiger partial charge in [-0.1, -0.05) is 12.1 Å². The second kappa shape index (κ2) is 6.43. The maximum absolute atomic E-state index is 12.6. The molecule has 2 saturated heterocycles. The third-order valence-electron chi connectivity index (χ3n) is 5.44. The molecule has 1 aromatic carbocycles. The second-order valence-corrected chi connectivity index (χ2v) is 6.93. The highest BCUT2D eigenvalue weighted by molar-refractivity contribution is 5.99. The van der Waals surface area contributed by atoms with E-state index in [2.05, 4.69) is 10.6 Å². The second-order valence-electron chi connectivity index (χ2n) is 6.93. The Bertz CT molecular complexity index is 634. The van der Waals surface area contributed by atoms with Crippen molar-refractivity contribution in [3.8, 4) is 5.75 Å². The molecule has 0 spiro atoms. The molecule has 3 heterocycles. The summed E-state index contributed by atoms with van der Waals surface area (Å²) in [6.45, 7) is 3.70. The van der Waals surface area contributed by atoms with Gasteiger partial charge in [0, 0.05) is 13.1 Å². The van der Waals surface area contributed by atoms with Crippen LogP contribution < -0.4 is 15.4 Å². The predicted octanol–water partition coefficient (Wildman–Crippen LogP) is 1.23. The normalized spacial score (nSPS) is 29.1. The third kappa shape index (κ3) is 2.98. The topological polar surface area (TPSA) is 70.7 Å². The maximum atomic E-state index is 12.6. The van der Waals surface area contributed by atoms with E-state index in [4.69, 9.17) is 4.74 Å². The largest absolute Gasteiger partial charge is 0.478 e. The van der Waals surface area contributed by atoms with Crippen LogP contribution in [0.2, 0.25) is 0 Å². The summed E-state index contributed by atoms with van der Waals surface area (Å²) >= 11 is 0. The molecule has 0 aliphatic carbocycles. The molecule has 3 aliphatic heterocycles. The molecule has 3 atom stereocenters. The summed E-state index contributed by atoms with van der Waals surface area (Å²) in [6.07, 6.45) is 1.46. The highest BCUT2D eigenvalue weighted by Crippen LogP contribution is 2.31. The molecule has 1 unspecified atom stereocenters. The molecule has 2 N–H and O–H groups in total. The van der Waals surface area contributed by atoms with Crippen molar-refractivity contribution < 1.29 is 14.3 Å². The van der Waals surface area contributed by atoms with Crippen molar-refractivity contribution in [1.29, 1.82) is 0 Å². The highest BCUT2D eigenvalue weighted by atomic mass is 16.5. The van der Waals surface area contributed by atoms with Crippen molar-refractivity contribution in [2.24, 2.45) is 11.8 Å². The van der Waals surface area contributed by atoms with Gasteiger partial charge in [0.1, 0.15) is 5.75 Å². The number of likely N-dealkylation sites (tertiary alicyclic amines) is 1. The van der Waals surface area contributed by atoms with Crippen LogP contribution in [-0.2, 0) is 9.59 Å². The molecule has 128 valence electrons. The number of amides is 2. The van der Waals surface area contributed by atoms with Gasteiger partial charge in [-0.25, -0.2) is 0 Å². The first-order valence-electron chi connectivity index (χ1n) is 8.76. The van der Waals surface area contributed by atoms with Gasteiger partial charge in [-0.15, -0.1) is 0 Å². The van der Waals surface area contributed by atoms with Crippen LogP contribution in [0.15, 0.2) is 24.3 Å². The van der Waals surface area contributed by atoms with Crippen molar-refractivity contribution in [2.75, 3.05) is 31.5 Å². The van der Waals surface area contributed by atoms with Crippen LogP contribution in [0.5, 0.6) is 5.75 Å². The Kier molecular flexibility index (Phi) is 4.14.